The lowest BCUT2D eigenvalue weighted by Gasteiger charge is -2.20. The van der Waals surface area contributed by atoms with Crippen LogP contribution in [0.5, 0.6) is 0 Å². The molecule has 0 aliphatic carbocycles. The minimum absolute atomic E-state index is 0.188. The van der Waals surface area contributed by atoms with Gasteiger partial charge in [-0.1, -0.05) is 174 Å². The second-order valence-corrected chi connectivity index (χ2v) is 16.2. The molecular weight excluding hydrogens is 695 g/mol. The van der Waals surface area contributed by atoms with Crippen LogP contribution in [-0.4, -0.2) is 65.7 Å². The number of ether oxygens (including phenoxy) is 2. The molecule has 0 radical (unpaired) electrons. The largest absolute Gasteiger partial charge is 0.472 e. The molecule has 0 saturated heterocycles. The van der Waals surface area contributed by atoms with Crippen LogP contribution in [0.1, 0.15) is 206 Å². The number of aliphatic hydroxyl groups excluding tert-OH is 2. The lowest BCUT2D eigenvalue weighted by molar-refractivity contribution is -0.161. The smallest absolute Gasteiger partial charge is 0.462 e. The number of unbranched alkanes of at least 4 members (excludes halogenated alkanes) is 25. The maximum absolute atomic E-state index is 12.6. The Kier molecular flexibility index (Phi) is 38.0. The summed E-state index contributed by atoms with van der Waals surface area (Å²) in [7, 11) is -4.61. The molecule has 0 heterocycles. The van der Waals surface area contributed by atoms with Gasteiger partial charge in [0.25, 0.3) is 0 Å². The normalized spacial score (nSPS) is 14.0. The highest BCUT2D eigenvalue weighted by Gasteiger charge is 2.27. The molecule has 0 rings (SSSR count). The number of phosphoric ester groups is 1. The fourth-order valence-electron chi connectivity index (χ4n) is 6.03. The van der Waals surface area contributed by atoms with E-state index in [1.54, 1.807) is 0 Å². The van der Waals surface area contributed by atoms with Crippen LogP contribution in [0.2, 0.25) is 0 Å². The average Bonchev–Trinajstić information content (AvgIpc) is 3.14. The molecule has 3 atom stereocenters. The molecular formula is C42H81O10P. The predicted octanol–water partition coefficient (Wildman–Crippen LogP) is 11.2. The summed E-state index contributed by atoms with van der Waals surface area (Å²) in [5.74, 6) is -0.926. The van der Waals surface area contributed by atoms with Crippen LogP contribution < -0.4 is 0 Å². The molecule has 0 saturated carbocycles. The Labute approximate surface area is 324 Å². The molecule has 0 aromatic rings. The molecule has 0 amide bonds. The SMILES string of the molecule is CCCC/C=C/CCCCCCCC(=O)OC[C@H](COP(=O)(O)OC[C@@H](O)CO)OC(=O)CCCCCCCCCCCCCCCCCCCCC. The van der Waals surface area contributed by atoms with Crippen molar-refractivity contribution in [3.63, 3.8) is 0 Å². The van der Waals surface area contributed by atoms with Gasteiger partial charge in [-0.3, -0.25) is 18.6 Å². The number of aliphatic hydroxyl groups is 2. The summed E-state index contributed by atoms with van der Waals surface area (Å²) in [5, 5.41) is 18.3. The quantitative estimate of drug-likeness (QED) is 0.0237. The number of carbonyl (C=O) groups excluding carboxylic acids is 2. The first-order valence-electron chi connectivity index (χ1n) is 21.6. The number of hydrogen-bond acceptors (Lipinski definition) is 9. The van der Waals surface area contributed by atoms with Crippen LogP contribution >= 0.6 is 7.82 Å². The Morgan fingerprint density at radius 1 is 0.547 bits per heavy atom. The summed E-state index contributed by atoms with van der Waals surface area (Å²) in [6.07, 6.45) is 36.1. The number of carbonyl (C=O) groups is 2. The molecule has 1 unspecified atom stereocenters. The zero-order valence-electron chi connectivity index (χ0n) is 34.0. The monoisotopic (exact) mass is 777 g/mol. The topological polar surface area (TPSA) is 149 Å². The molecule has 0 aromatic heterocycles. The van der Waals surface area contributed by atoms with Gasteiger partial charge in [0.15, 0.2) is 6.10 Å². The highest BCUT2D eigenvalue weighted by molar-refractivity contribution is 7.47. The summed E-state index contributed by atoms with van der Waals surface area (Å²) in [4.78, 5) is 34.9. The lowest BCUT2D eigenvalue weighted by atomic mass is 10.0. The van der Waals surface area contributed by atoms with Crippen molar-refractivity contribution >= 4 is 19.8 Å². The lowest BCUT2D eigenvalue weighted by Crippen LogP contribution is -2.29. The van der Waals surface area contributed by atoms with E-state index in [1.165, 1.54) is 109 Å². The van der Waals surface area contributed by atoms with Gasteiger partial charge in [-0.15, -0.1) is 0 Å². The van der Waals surface area contributed by atoms with E-state index < -0.39 is 51.8 Å². The number of allylic oxidation sites excluding steroid dienone is 2. The van der Waals surface area contributed by atoms with Crippen LogP contribution in [-0.2, 0) is 32.7 Å². The van der Waals surface area contributed by atoms with E-state index in [0.717, 1.165) is 57.8 Å². The average molecular weight is 777 g/mol. The van der Waals surface area contributed by atoms with E-state index in [0.29, 0.717) is 12.8 Å². The molecule has 0 fully saturated rings. The number of esters is 2. The van der Waals surface area contributed by atoms with Crippen molar-refractivity contribution in [3.8, 4) is 0 Å². The van der Waals surface area contributed by atoms with E-state index in [1.807, 2.05) is 0 Å². The van der Waals surface area contributed by atoms with E-state index in [4.69, 9.17) is 19.1 Å². The van der Waals surface area contributed by atoms with Crippen LogP contribution in [0.4, 0.5) is 0 Å². The molecule has 0 aliphatic rings. The Morgan fingerprint density at radius 2 is 0.943 bits per heavy atom. The highest BCUT2D eigenvalue weighted by atomic mass is 31.2. The van der Waals surface area contributed by atoms with Crippen molar-refractivity contribution in [1.29, 1.82) is 0 Å². The third-order valence-electron chi connectivity index (χ3n) is 9.42. The van der Waals surface area contributed by atoms with Crippen LogP contribution in [0, 0.1) is 0 Å². The first kappa shape index (κ1) is 51.7. The molecule has 0 bridgehead atoms. The van der Waals surface area contributed by atoms with Gasteiger partial charge < -0.3 is 24.6 Å². The zero-order valence-corrected chi connectivity index (χ0v) is 34.9. The number of phosphoric acid groups is 1. The standard InChI is InChI=1S/C42H81O10P/c1-3-5-7-9-11-13-15-16-17-18-19-20-21-22-24-26-28-30-32-34-42(46)52-40(38-51-53(47,48)50-36-39(44)35-43)37-49-41(45)33-31-29-27-25-23-14-12-10-8-6-4-2/h10,12,39-40,43-44H,3-9,11,13-38H2,1-2H3,(H,47,48)/b12-10+/t39-,40+/m0/s1. The van der Waals surface area contributed by atoms with E-state index >= 15 is 0 Å². The summed E-state index contributed by atoms with van der Waals surface area (Å²) in [6.45, 7) is 2.35. The second kappa shape index (κ2) is 39.0. The molecule has 0 spiro atoms. The first-order chi connectivity index (χ1) is 25.7. The first-order valence-corrected chi connectivity index (χ1v) is 23.1. The van der Waals surface area contributed by atoms with Gasteiger partial charge in [0.2, 0.25) is 0 Å². The Balaban J connectivity index is 4.22. The number of hydrogen-bond donors (Lipinski definition) is 3. The van der Waals surface area contributed by atoms with Gasteiger partial charge in [-0.25, -0.2) is 4.57 Å². The molecule has 53 heavy (non-hydrogen) atoms. The third kappa shape index (κ3) is 38.8. The maximum atomic E-state index is 12.6. The fourth-order valence-corrected chi connectivity index (χ4v) is 6.82. The van der Waals surface area contributed by atoms with Crippen LogP contribution in [0.3, 0.4) is 0 Å². The fraction of sp³-hybridized carbons (Fsp3) is 0.905. The Morgan fingerprint density at radius 3 is 1.42 bits per heavy atom. The van der Waals surface area contributed by atoms with E-state index in [9.17, 15) is 24.2 Å². The zero-order chi connectivity index (χ0) is 39.1. The van der Waals surface area contributed by atoms with Crippen molar-refractivity contribution in [2.45, 2.75) is 219 Å². The molecule has 314 valence electrons. The number of rotatable bonds is 41. The summed E-state index contributed by atoms with van der Waals surface area (Å²) in [5.41, 5.74) is 0. The molecule has 11 heteroatoms. The summed E-state index contributed by atoms with van der Waals surface area (Å²) < 4.78 is 32.7. The highest BCUT2D eigenvalue weighted by Crippen LogP contribution is 2.43. The second-order valence-electron chi connectivity index (χ2n) is 14.7. The van der Waals surface area contributed by atoms with Crippen molar-refractivity contribution < 1.29 is 47.8 Å². The third-order valence-corrected chi connectivity index (χ3v) is 10.4. The maximum Gasteiger partial charge on any atom is 0.472 e. The van der Waals surface area contributed by atoms with Gasteiger partial charge in [-0.05, 0) is 32.1 Å². The molecule has 3 N–H and O–H groups in total. The minimum Gasteiger partial charge on any atom is -0.462 e. The summed E-state index contributed by atoms with van der Waals surface area (Å²) in [6, 6.07) is 0. The van der Waals surface area contributed by atoms with Crippen LogP contribution in [0.25, 0.3) is 0 Å². The summed E-state index contributed by atoms with van der Waals surface area (Å²) >= 11 is 0. The predicted molar refractivity (Wildman–Crippen MR) is 215 cm³/mol. The molecule has 10 nitrogen and oxygen atoms in total. The van der Waals surface area contributed by atoms with E-state index in [2.05, 4.69) is 30.5 Å². The van der Waals surface area contributed by atoms with Gasteiger partial charge in [-0.2, -0.15) is 0 Å². The van der Waals surface area contributed by atoms with Gasteiger partial charge in [0, 0.05) is 12.8 Å². The Bertz CT molecular complexity index is 899. The van der Waals surface area contributed by atoms with Crippen LogP contribution in [0.15, 0.2) is 12.2 Å². The molecule has 0 aromatic carbocycles. The molecule has 0 aliphatic heterocycles. The van der Waals surface area contributed by atoms with Crippen molar-refractivity contribution in [2.75, 3.05) is 26.4 Å². The van der Waals surface area contributed by atoms with Gasteiger partial charge >= 0.3 is 19.8 Å². The van der Waals surface area contributed by atoms with Gasteiger partial charge in [0.1, 0.15) is 12.7 Å². The van der Waals surface area contributed by atoms with Crippen molar-refractivity contribution in [2.24, 2.45) is 0 Å². The minimum atomic E-state index is -4.61. The Hall–Kier alpha value is -1.29. The van der Waals surface area contributed by atoms with Gasteiger partial charge in [0.05, 0.1) is 19.8 Å². The van der Waals surface area contributed by atoms with Crippen molar-refractivity contribution in [3.05, 3.63) is 12.2 Å². The van der Waals surface area contributed by atoms with Crippen molar-refractivity contribution in [1.82, 2.24) is 0 Å². The van der Waals surface area contributed by atoms with E-state index in [-0.39, 0.29) is 19.4 Å².